The van der Waals surface area contributed by atoms with Gasteiger partial charge < -0.3 is 4.57 Å². The summed E-state index contributed by atoms with van der Waals surface area (Å²) in [6, 6.07) is 23.1. The lowest BCUT2D eigenvalue weighted by atomic mass is 10.1. The van der Waals surface area contributed by atoms with Crippen LogP contribution in [0.5, 0.6) is 0 Å². The first-order chi connectivity index (χ1) is 12.7. The van der Waals surface area contributed by atoms with E-state index in [4.69, 9.17) is 16.6 Å². The van der Waals surface area contributed by atoms with E-state index in [2.05, 4.69) is 16.7 Å². The molecule has 0 spiro atoms. The minimum Gasteiger partial charge on any atom is -0.323 e. The van der Waals surface area contributed by atoms with Gasteiger partial charge in [0.2, 0.25) is 0 Å². The highest BCUT2D eigenvalue weighted by Crippen LogP contribution is 2.24. The molecule has 0 N–H and O–H groups in total. The summed E-state index contributed by atoms with van der Waals surface area (Å²) in [5, 5.41) is 0.441. The van der Waals surface area contributed by atoms with Crippen LogP contribution < -0.4 is 0 Å². The molecule has 0 unspecified atom stereocenters. The lowest BCUT2D eigenvalue weighted by Crippen LogP contribution is -2.08. The highest BCUT2D eigenvalue weighted by atomic mass is 35.5. The largest absolute Gasteiger partial charge is 0.323 e. The van der Waals surface area contributed by atoms with E-state index in [1.807, 2.05) is 42.5 Å². The molecule has 0 bridgehead atoms. The number of halogens is 2. The van der Waals surface area contributed by atoms with E-state index >= 15 is 0 Å². The third-order valence-electron chi connectivity index (χ3n) is 4.59. The number of aryl methyl sites for hydroxylation is 2. The molecule has 0 fully saturated rings. The molecule has 0 aliphatic heterocycles. The number of para-hydroxylation sites is 2. The summed E-state index contributed by atoms with van der Waals surface area (Å²) in [6.45, 7) is 0.371. The maximum atomic E-state index is 14.3. The first-order valence-corrected chi connectivity index (χ1v) is 9.01. The molecule has 4 rings (SSSR count). The van der Waals surface area contributed by atoms with Gasteiger partial charge in [-0.15, -0.1) is 0 Å². The van der Waals surface area contributed by atoms with Gasteiger partial charge in [-0.25, -0.2) is 9.37 Å². The molecule has 1 aromatic heterocycles. The molecule has 4 aromatic rings. The second kappa shape index (κ2) is 7.30. The van der Waals surface area contributed by atoms with Gasteiger partial charge in [-0.1, -0.05) is 60.1 Å². The van der Waals surface area contributed by atoms with Crippen LogP contribution in [0.2, 0.25) is 5.02 Å². The Morgan fingerprint density at radius 2 is 1.62 bits per heavy atom. The van der Waals surface area contributed by atoms with Crippen molar-refractivity contribution >= 4 is 22.6 Å². The van der Waals surface area contributed by atoms with Crippen LogP contribution in [-0.4, -0.2) is 9.55 Å². The lowest BCUT2D eigenvalue weighted by molar-refractivity contribution is 0.597. The summed E-state index contributed by atoms with van der Waals surface area (Å²) < 4.78 is 16.4. The van der Waals surface area contributed by atoms with Crippen LogP contribution in [0, 0.1) is 5.82 Å². The van der Waals surface area contributed by atoms with Gasteiger partial charge in [-0.05, 0) is 36.2 Å². The Morgan fingerprint density at radius 1 is 0.846 bits per heavy atom. The molecule has 26 heavy (non-hydrogen) atoms. The van der Waals surface area contributed by atoms with Gasteiger partial charge in [0.1, 0.15) is 11.6 Å². The van der Waals surface area contributed by atoms with E-state index in [0.717, 1.165) is 29.7 Å². The summed E-state index contributed by atoms with van der Waals surface area (Å²) in [7, 11) is 0. The minimum atomic E-state index is -0.288. The van der Waals surface area contributed by atoms with Gasteiger partial charge in [0.05, 0.1) is 17.6 Å². The van der Waals surface area contributed by atoms with Gasteiger partial charge in [-0.3, -0.25) is 0 Å². The number of hydrogen-bond acceptors (Lipinski definition) is 1. The average molecular weight is 365 g/mol. The third kappa shape index (κ3) is 3.35. The van der Waals surface area contributed by atoms with Crippen LogP contribution in [0.4, 0.5) is 4.39 Å². The van der Waals surface area contributed by atoms with E-state index in [1.165, 1.54) is 11.6 Å². The molecular weight excluding hydrogens is 347 g/mol. The molecule has 0 amide bonds. The number of nitrogens with zero attached hydrogens (tertiary/aromatic N) is 2. The second-order valence-corrected chi connectivity index (χ2v) is 6.70. The maximum absolute atomic E-state index is 14.3. The van der Waals surface area contributed by atoms with Crippen molar-refractivity contribution in [1.29, 1.82) is 0 Å². The van der Waals surface area contributed by atoms with E-state index in [0.29, 0.717) is 17.1 Å². The first kappa shape index (κ1) is 16.8. The van der Waals surface area contributed by atoms with Gasteiger partial charge in [0.15, 0.2) is 0 Å². The quantitative estimate of drug-likeness (QED) is 0.446. The molecule has 0 radical (unpaired) electrons. The highest BCUT2D eigenvalue weighted by molar-refractivity contribution is 6.31. The van der Waals surface area contributed by atoms with Gasteiger partial charge in [0, 0.05) is 17.0 Å². The van der Waals surface area contributed by atoms with Crippen LogP contribution in [0.25, 0.3) is 11.0 Å². The Balaban J connectivity index is 1.72. The normalized spacial score (nSPS) is 11.2. The number of hydrogen-bond donors (Lipinski definition) is 0. The molecule has 0 aliphatic rings. The van der Waals surface area contributed by atoms with Crippen molar-refractivity contribution in [3.05, 3.63) is 101 Å². The molecule has 0 saturated heterocycles. The Hall–Kier alpha value is -2.65. The van der Waals surface area contributed by atoms with Crippen LogP contribution in [0.3, 0.4) is 0 Å². The predicted octanol–water partition coefficient (Wildman–Crippen LogP) is 5.66. The average Bonchev–Trinajstić information content (AvgIpc) is 3.01. The molecular formula is C22H18ClFN2. The predicted molar refractivity (Wildman–Crippen MR) is 104 cm³/mol. The second-order valence-electron chi connectivity index (χ2n) is 6.29. The monoisotopic (exact) mass is 364 g/mol. The fraction of sp³-hybridized carbons (Fsp3) is 0.136. The zero-order valence-corrected chi connectivity index (χ0v) is 15.0. The lowest BCUT2D eigenvalue weighted by Gasteiger charge is -2.12. The SMILES string of the molecule is Fc1cccc(Cl)c1Cn1c(CCc2ccccc2)nc2ccccc21. The third-order valence-corrected chi connectivity index (χ3v) is 4.95. The standard InChI is InChI=1S/C22H18ClFN2/c23-18-9-6-10-19(24)17(18)15-26-21-12-5-4-11-20(21)25-22(26)14-13-16-7-2-1-3-8-16/h1-12H,13-15H2. The van der Waals surface area contributed by atoms with Crippen molar-refractivity contribution in [2.24, 2.45) is 0 Å². The van der Waals surface area contributed by atoms with Gasteiger partial charge in [0.25, 0.3) is 0 Å². The Labute approximate surface area is 156 Å². The number of rotatable bonds is 5. The van der Waals surface area contributed by atoms with Crippen molar-refractivity contribution in [3.63, 3.8) is 0 Å². The van der Waals surface area contributed by atoms with Crippen LogP contribution in [-0.2, 0) is 19.4 Å². The van der Waals surface area contributed by atoms with Crippen LogP contribution in [0.15, 0.2) is 72.8 Å². The molecule has 3 aromatic carbocycles. The van der Waals surface area contributed by atoms with Crippen molar-refractivity contribution in [2.45, 2.75) is 19.4 Å². The van der Waals surface area contributed by atoms with Crippen molar-refractivity contribution in [2.75, 3.05) is 0 Å². The van der Waals surface area contributed by atoms with Crippen LogP contribution in [0.1, 0.15) is 17.0 Å². The fourth-order valence-electron chi connectivity index (χ4n) is 3.23. The summed E-state index contributed by atoms with van der Waals surface area (Å²) in [4.78, 5) is 4.78. The molecule has 4 heteroatoms. The molecule has 130 valence electrons. The van der Waals surface area contributed by atoms with Crippen molar-refractivity contribution in [1.82, 2.24) is 9.55 Å². The zero-order valence-electron chi connectivity index (χ0n) is 14.2. The van der Waals surface area contributed by atoms with E-state index in [1.54, 1.807) is 12.1 Å². The Kier molecular flexibility index (Phi) is 4.72. The highest BCUT2D eigenvalue weighted by Gasteiger charge is 2.14. The molecule has 0 aliphatic carbocycles. The summed E-state index contributed by atoms with van der Waals surface area (Å²) in [5.74, 6) is 0.652. The zero-order chi connectivity index (χ0) is 17.9. The summed E-state index contributed by atoms with van der Waals surface area (Å²) >= 11 is 6.25. The smallest absolute Gasteiger partial charge is 0.129 e. The minimum absolute atomic E-state index is 0.288. The fourth-order valence-corrected chi connectivity index (χ4v) is 3.46. The molecule has 2 nitrogen and oxygen atoms in total. The number of fused-ring (bicyclic) bond motifs is 1. The van der Waals surface area contributed by atoms with Crippen molar-refractivity contribution < 1.29 is 4.39 Å². The van der Waals surface area contributed by atoms with E-state index in [-0.39, 0.29) is 5.82 Å². The van der Waals surface area contributed by atoms with Gasteiger partial charge in [-0.2, -0.15) is 0 Å². The summed E-state index contributed by atoms with van der Waals surface area (Å²) in [6.07, 6.45) is 1.67. The Bertz CT molecular complexity index is 1020. The van der Waals surface area contributed by atoms with E-state index in [9.17, 15) is 4.39 Å². The van der Waals surface area contributed by atoms with E-state index < -0.39 is 0 Å². The van der Waals surface area contributed by atoms with Crippen LogP contribution >= 0.6 is 11.6 Å². The number of imidazole rings is 1. The van der Waals surface area contributed by atoms with Crippen molar-refractivity contribution in [3.8, 4) is 0 Å². The number of benzene rings is 3. The summed E-state index contributed by atoms with van der Waals surface area (Å²) in [5.41, 5.74) is 3.67. The topological polar surface area (TPSA) is 17.8 Å². The van der Waals surface area contributed by atoms with Gasteiger partial charge >= 0.3 is 0 Å². The molecule has 0 saturated carbocycles. The molecule has 1 heterocycles. The Morgan fingerprint density at radius 3 is 2.42 bits per heavy atom. The molecule has 0 atom stereocenters. The first-order valence-electron chi connectivity index (χ1n) is 8.63. The number of aromatic nitrogens is 2. The maximum Gasteiger partial charge on any atom is 0.129 e.